The van der Waals surface area contributed by atoms with Crippen LogP contribution in [-0.4, -0.2) is 20.6 Å². The molecule has 2 N–H and O–H groups in total. The molecule has 0 bridgehead atoms. The van der Waals surface area contributed by atoms with Crippen molar-refractivity contribution in [3.8, 4) is 0 Å². The first-order chi connectivity index (χ1) is 10.8. The van der Waals surface area contributed by atoms with Crippen LogP contribution in [0.1, 0.15) is 12.5 Å². The molecule has 2 rings (SSSR count). The fourth-order valence-corrected chi connectivity index (χ4v) is 3.67. The summed E-state index contributed by atoms with van der Waals surface area (Å²) in [6, 6.07) is 11.8. The Morgan fingerprint density at radius 2 is 1.87 bits per heavy atom. The lowest BCUT2D eigenvalue weighted by Gasteiger charge is -2.12. The van der Waals surface area contributed by atoms with Crippen LogP contribution in [0, 0.1) is 6.92 Å². The fraction of sp³-hybridized carbons (Fsp3) is 0.188. The molecule has 0 spiro atoms. The highest BCUT2D eigenvalue weighted by Gasteiger charge is 2.17. The second kappa shape index (κ2) is 7.06. The van der Waals surface area contributed by atoms with Crippen LogP contribution in [0.15, 0.2) is 52.3 Å². The van der Waals surface area contributed by atoms with Crippen LogP contribution in [-0.2, 0) is 14.8 Å². The van der Waals surface area contributed by atoms with Crippen LogP contribution in [0.2, 0.25) is 0 Å². The molecule has 7 heteroatoms. The van der Waals surface area contributed by atoms with E-state index < -0.39 is 10.0 Å². The lowest BCUT2D eigenvalue weighted by molar-refractivity contribution is -0.114. The smallest absolute Gasteiger partial charge is 0.261 e. The van der Waals surface area contributed by atoms with Crippen molar-refractivity contribution in [1.82, 2.24) is 0 Å². The largest absolute Gasteiger partial charge is 0.325 e. The molecule has 0 aliphatic carbocycles. The summed E-state index contributed by atoms with van der Waals surface area (Å²) in [4.78, 5) is 12.2. The zero-order chi connectivity index (χ0) is 17.0. The van der Waals surface area contributed by atoms with Crippen molar-refractivity contribution < 1.29 is 13.2 Å². The summed E-state index contributed by atoms with van der Waals surface area (Å²) in [6.45, 7) is 3.27. The van der Waals surface area contributed by atoms with Crippen molar-refractivity contribution in [1.29, 1.82) is 0 Å². The van der Waals surface area contributed by atoms with E-state index in [0.717, 1.165) is 10.5 Å². The minimum Gasteiger partial charge on any atom is -0.325 e. The van der Waals surface area contributed by atoms with E-state index in [9.17, 15) is 13.2 Å². The SMILES string of the molecule is CSc1ccc(S(=O)(=O)Nc2cccc(C)c2)cc1NC(C)=O. The van der Waals surface area contributed by atoms with E-state index in [1.54, 1.807) is 24.3 Å². The Hall–Kier alpha value is -1.99. The summed E-state index contributed by atoms with van der Waals surface area (Å²) >= 11 is 1.43. The molecule has 0 aliphatic rings. The Bertz CT molecular complexity index is 833. The first-order valence-corrected chi connectivity index (χ1v) is 9.58. The second-order valence-corrected chi connectivity index (χ2v) is 7.55. The molecule has 1 amide bonds. The number of thioether (sulfide) groups is 1. The predicted molar refractivity (Wildman–Crippen MR) is 94.5 cm³/mol. The molecule has 0 aliphatic heterocycles. The van der Waals surface area contributed by atoms with E-state index in [2.05, 4.69) is 10.0 Å². The van der Waals surface area contributed by atoms with Gasteiger partial charge in [0.25, 0.3) is 10.0 Å². The van der Waals surface area contributed by atoms with Crippen LogP contribution < -0.4 is 10.0 Å². The van der Waals surface area contributed by atoms with Gasteiger partial charge in [0.15, 0.2) is 0 Å². The zero-order valence-electron chi connectivity index (χ0n) is 13.1. The number of amides is 1. The molecular formula is C16H18N2O3S2. The van der Waals surface area contributed by atoms with Crippen LogP contribution in [0.5, 0.6) is 0 Å². The molecule has 2 aromatic carbocycles. The molecule has 23 heavy (non-hydrogen) atoms. The zero-order valence-corrected chi connectivity index (χ0v) is 14.7. The number of carbonyl (C=O) groups is 1. The van der Waals surface area contributed by atoms with Crippen molar-refractivity contribution in [3.05, 3.63) is 48.0 Å². The Morgan fingerprint density at radius 3 is 2.48 bits per heavy atom. The molecular weight excluding hydrogens is 332 g/mol. The maximum atomic E-state index is 12.5. The van der Waals surface area contributed by atoms with Gasteiger partial charge in [-0.15, -0.1) is 11.8 Å². The molecule has 122 valence electrons. The minimum atomic E-state index is -3.72. The maximum Gasteiger partial charge on any atom is 0.261 e. The lowest BCUT2D eigenvalue weighted by atomic mass is 10.2. The fourth-order valence-electron chi connectivity index (χ4n) is 2.06. The maximum absolute atomic E-state index is 12.5. The summed E-state index contributed by atoms with van der Waals surface area (Å²) in [5.41, 5.74) is 1.94. The predicted octanol–water partition coefficient (Wildman–Crippen LogP) is 3.48. The number of carbonyl (C=O) groups excluding carboxylic acids is 1. The van der Waals surface area contributed by atoms with E-state index in [-0.39, 0.29) is 10.8 Å². The average molecular weight is 350 g/mol. The van der Waals surface area contributed by atoms with Crippen molar-refractivity contribution in [3.63, 3.8) is 0 Å². The second-order valence-electron chi connectivity index (χ2n) is 5.02. The number of hydrogen-bond donors (Lipinski definition) is 2. The molecule has 0 fully saturated rings. The highest BCUT2D eigenvalue weighted by Crippen LogP contribution is 2.29. The number of nitrogens with one attached hydrogen (secondary N) is 2. The van der Waals surface area contributed by atoms with Crippen molar-refractivity contribution in [2.24, 2.45) is 0 Å². The third-order valence-electron chi connectivity index (χ3n) is 3.06. The van der Waals surface area contributed by atoms with E-state index >= 15 is 0 Å². The molecule has 0 atom stereocenters. The van der Waals surface area contributed by atoms with Gasteiger partial charge in [-0.2, -0.15) is 0 Å². The van der Waals surface area contributed by atoms with Gasteiger partial charge in [0, 0.05) is 17.5 Å². The van der Waals surface area contributed by atoms with Gasteiger partial charge >= 0.3 is 0 Å². The lowest BCUT2D eigenvalue weighted by Crippen LogP contribution is -2.14. The van der Waals surface area contributed by atoms with Gasteiger partial charge in [0.1, 0.15) is 0 Å². The van der Waals surface area contributed by atoms with E-state index in [1.165, 1.54) is 30.8 Å². The summed E-state index contributed by atoms with van der Waals surface area (Å²) in [6.07, 6.45) is 1.86. The molecule has 0 aromatic heterocycles. The van der Waals surface area contributed by atoms with Gasteiger partial charge in [-0.1, -0.05) is 12.1 Å². The molecule has 0 unspecified atom stereocenters. The van der Waals surface area contributed by atoms with Gasteiger partial charge in [0.2, 0.25) is 5.91 Å². The summed E-state index contributed by atoms with van der Waals surface area (Å²) in [7, 11) is -3.72. The third kappa shape index (κ3) is 4.49. The standard InChI is InChI=1S/C16H18N2O3S2/c1-11-5-4-6-13(9-11)18-23(20,21)14-7-8-16(22-3)15(10-14)17-12(2)19/h4-10,18H,1-3H3,(H,17,19). The molecule has 0 saturated heterocycles. The van der Waals surface area contributed by atoms with Crippen LogP contribution in [0.3, 0.4) is 0 Å². The van der Waals surface area contributed by atoms with Crippen LogP contribution >= 0.6 is 11.8 Å². The highest BCUT2D eigenvalue weighted by molar-refractivity contribution is 7.98. The first kappa shape index (κ1) is 17.4. The Balaban J connectivity index is 2.37. The molecule has 2 aromatic rings. The number of benzene rings is 2. The van der Waals surface area contributed by atoms with Gasteiger partial charge < -0.3 is 5.32 Å². The quantitative estimate of drug-likeness (QED) is 0.810. The molecule has 0 radical (unpaired) electrons. The van der Waals surface area contributed by atoms with Crippen LogP contribution in [0.4, 0.5) is 11.4 Å². The summed E-state index contributed by atoms with van der Waals surface area (Å²) in [5.74, 6) is -0.249. The number of rotatable bonds is 5. The number of hydrogen-bond acceptors (Lipinski definition) is 4. The normalized spacial score (nSPS) is 11.1. The summed E-state index contributed by atoms with van der Waals surface area (Å²) < 4.78 is 27.6. The first-order valence-electron chi connectivity index (χ1n) is 6.87. The van der Waals surface area contributed by atoms with Crippen molar-refractivity contribution >= 4 is 39.1 Å². The topological polar surface area (TPSA) is 75.3 Å². The molecule has 5 nitrogen and oxygen atoms in total. The van der Waals surface area contributed by atoms with E-state index in [4.69, 9.17) is 0 Å². The van der Waals surface area contributed by atoms with Gasteiger partial charge in [-0.3, -0.25) is 9.52 Å². The summed E-state index contributed by atoms with van der Waals surface area (Å²) in [5, 5.41) is 2.66. The van der Waals surface area contributed by atoms with Crippen LogP contribution in [0.25, 0.3) is 0 Å². The Kier molecular flexibility index (Phi) is 5.33. The van der Waals surface area contributed by atoms with Gasteiger partial charge in [-0.25, -0.2) is 8.42 Å². The van der Waals surface area contributed by atoms with E-state index in [0.29, 0.717) is 11.4 Å². The van der Waals surface area contributed by atoms with Gasteiger partial charge in [0.05, 0.1) is 10.6 Å². The van der Waals surface area contributed by atoms with Crippen molar-refractivity contribution in [2.45, 2.75) is 23.6 Å². The molecule has 0 saturated carbocycles. The highest BCUT2D eigenvalue weighted by atomic mass is 32.2. The number of anilines is 2. The van der Waals surface area contributed by atoms with Crippen molar-refractivity contribution in [2.75, 3.05) is 16.3 Å². The van der Waals surface area contributed by atoms with E-state index in [1.807, 2.05) is 19.2 Å². The number of sulfonamides is 1. The average Bonchev–Trinajstić information content (AvgIpc) is 2.46. The van der Waals surface area contributed by atoms with Gasteiger partial charge in [-0.05, 0) is 49.1 Å². The monoisotopic (exact) mass is 350 g/mol. The Labute approximate surface area is 140 Å². The number of aryl methyl sites for hydroxylation is 1. The third-order valence-corrected chi connectivity index (χ3v) is 5.24. The molecule has 0 heterocycles. The Morgan fingerprint density at radius 1 is 1.13 bits per heavy atom. The minimum absolute atomic E-state index is 0.0977.